The number of ether oxygens (including phenoxy) is 1. The molecule has 1 atom stereocenters. The smallest absolute Gasteiger partial charge is 0.338 e. The third kappa shape index (κ3) is 4.92. The molecule has 0 spiro atoms. The number of esters is 1. The third-order valence-electron chi connectivity index (χ3n) is 8.12. The van der Waals surface area contributed by atoms with Crippen LogP contribution in [-0.4, -0.2) is 43.7 Å². The average Bonchev–Trinajstić information content (AvgIpc) is 3.32. The molecular formula is C33H26ClN5O4+2. The third-order valence-corrected chi connectivity index (χ3v) is 8.57. The normalized spacial score (nSPS) is 22.2. The Balaban J connectivity index is 1.09. The Morgan fingerprint density at radius 3 is 2.53 bits per heavy atom. The predicted octanol–water partition coefficient (Wildman–Crippen LogP) is 7.08. The van der Waals surface area contributed by atoms with Gasteiger partial charge in [-0.25, -0.2) is 15.0 Å². The highest BCUT2D eigenvalue weighted by molar-refractivity contribution is 6.20. The molecule has 1 fully saturated rings. The van der Waals surface area contributed by atoms with Gasteiger partial charge in [-0.2, -0.15) is 4.99 Å². The number of nitrogens with zero attached hydrogens (tertiary/aromatic N) is 5. The Labute approximate surface area is 252 Å². The molecule has 43 heavy (non-hydrogen) atoms. The minimum absolute atomic E-state index is 0.0381. The van der Waals surface area contributed by atoms with E-state index in [4.69, 9.17) is 31.7 Å². The van der Waals surface area contributed by atoms with Gasteiger partial charge in [-0.1, -0.05) is 42.5 Å². The van der Waals surface area contributed by atoms with Crippen LogP contribution in [0.3, 0.4) is 0 Å². The Kier molecular flexibility index (Phi) is 6.68. The van der Waals surface area contributed by atoms with Crippen molar-refractivity contribution < 1.29 is 23.7 Å². The molecule has 0 bridgehead atoms. The van der Waals surface area contributed by atoms with E-state index in [2.05, 4.69) is 11.1 Å². The van der Waals surface area contributed by atoms with E-state index in [1.165, 1.54) is 24.3 Å². The summed E-state index contributed by atoms with van der Waals surface area (Å²) in [6.07, 6.45) is 6.88. The molecule has 3 aromatic carbocycles. The van der Waals surface area contributed by atoms with E-state index in [1.807, 2.05) is 60.8 Å². The molecule has 10 heteroatoms. The van der Waals surface area contributed by atoms with E-state index in [1.54, 1.807) is 12.4 Å². The molecular weight excluding hydrogens is 566 g/mol. The topological polar surface area (TPSA) is 104 Å². The SMILES string of the molecule is O=C(OCC1CC(C2=C3C=NC=C[N+]3(Cl)C(c3ccc4ccc(-c5ccccc5)nc4c3)=N2)C1)c1ccc([N+](=O)O)cc1. The van der Waals surface area contributed by atoms with Crippen molar-refractivity contribution in [2.24, 2.45) is 21.8 Å². The zero-order chi connectivity index (χ0) is 29.6. The van der Waals surface area contributed by atoms with Crippen molar-refractivity contribution >= 4 is 46.4 Å². The minimum Gasteiger partial charge on any atom is -0.462 e. The maximum atomic E-state index is 12.5. The number of rotatable bonds is 7. The van der Waals surface area contributed by atoms with E-state index in [-0.39, 0.29) is 33.1 Å². The fourth-order valence-corrected chi connectivity index (χ4v) is 6.06. The molecule has 1 aromatic heterocycles. The number of fused-ring (bicyclic) bond motifs is 2. The second kappa shape index (κ2) is 10.7. The van der Waals surface area contributed by atoms with Gasteiger partial charge in [0.15, 0.2) is 11.8 Å². The van der Waals surface area contributed by atoms with Crippen LogP contribution in [0.5, 0.6) is 0 Å². The van der Waals surface area contributed by atoms with Crippen LogP contribution in [0.2, 0.25) is 0 Å². The summed E-state index contributed by atoms with van der Waals surface area (Å²) in [5.74, 6) is 0.556. The summed E-state index contributed by atoms with van der Waals surface area (Å²) in [5, 5.41) is 10.00. The monoisotopic (exact) mass is 591 g/mol. The second-order valence-corrected chi connectivity index (χ2v) is 11.4. The lowest BCUT2D eigenvalue weighted by Crippen LogP contribution is -2.38. The first-order valence-corrected chi connectivity index (χ1v) is 14.3. The van der Waals surface area contributed by atoms with Gasteiger partial charge in [0, 0.05) is 29.0 Å². The molecule has 2 aliphatic heterocycles. The summed E-state index contributed by atoms with van der Waals surface area (Å²) < 4.78 is 5.43. The zero-order valence-electron chi connectivity index (χ0n) is 22.9. The molecule has 4 aromatic rings. The number of hydrogen-bond donors (Lipinski definition) is 1. The summed E-state index contributed by atoms with van der Waals surface area (Å²) in [4.78, 5) is 37.6. The van der Waals surface area contributed by atoms with Crippen LogP contribution in [0.15, 0.2) is 119 Å². The molecule has 9 nitrogen and oxygen atoms in total. The molecule has 1 N–H and O–H groups in total. The van der Waals surface area contributed by atoms with Gasteiger partial charge >= 0.3 is 11.7 Å². The van der Waals surface area contributed by atoms with Crippen LogP contribution in [0.25, 0.3) is 22.2 Å². The first kappa shape index (κ1) is 26.9. The number of carbonyl (C=O) groups is 1. The summed E-state index contributed by atoms with van der Waals surface area (Å²) in [6.45, 7) is 0.277. The van der Waals surface area contributed by atoms with E-state index in [0.29, 0.717) is 11.4 Å². The summed E-state index contributed by atoms with van der Waals surface area (Å²) in [5.41, 5.74) is 5.76. The molecule has 3 aliphatic rings. The Morgan fingerprint density at radius 1 is 1.00 bits per heavy atom. The van der Waals surface area contributed by atoms with E-state index < -0.39 is 5.97 Å². The maximum absolute atomic E-state index is 12.5. The zero-order valence-corrected chi connectivity index (χ0v) is 23.6. The number of aliphatic imine (C=N–C) groups is 2. The van der Waals surface area contributed by atoms with Crippen LogP contribution >= 0.6 is 11.8 Å². The first-order chi connectivity index (χ1) is 20.9. The standard InChI is InChI=1S/C33H26ClN5O4/c34-39-15-14-35-19-30(39)31(26-16-21(17-26)20-43-33(40)24-8-11-27(12-9-24)38(41)42)37-32(39)25-7-6-23-10-13-28(36-29(23)18-25)22-4-2-1-3-5-22/h1-15,18-19,21,26H,16-17,20H2,(H,41,42)/q+2. The van der Waals surface area contributed by atoms with Gasteiger partial charge in [-0.15, -0.1) is 4.00 Å². The molecule has 212 valence electrons. The van der Waals surface area contributed by atoms with Crippen molar-refractivity contribution in [3.63, 3.8) is 0 Å². The molecule has 1 saturated carbocycles. The van der Waals surface area contributed by atoms with Crippen molar-refractivity contribution in [3.05, 3.63) is 125 Å². The number of hydrogen-bond acceptors (Lipinski definition) is 6. The number of carbonyl (C=O) groups excluding carboxylic acids is 1. The number of aromatic nitrogens is 1. The lowest BCUT2D eigenvalue weighted by molar-refractivity contribution is -0.729. The molecule has 1 aliphatic carbocycles. The van der Waals surface area contributed by atoms with Gasteiger partial charge in [0.05, 0.1) is 46.3 Å². The number of pyridine rings is 1. The molecule has 0 amide bonds. The van der Waals surface area contributed by atoms with Crippen LogP contribution in [0, 0.1) is 16.7 Å². The first-order valence-electron chi connectivity index (χ1n) is 13.9. The highest BCUT2D eigenvalue weighted by atomic mass is 35.5. The highest BCUT2D eigenvalue weighted by Gasteiger charge is 2.49. The van der Waals surface area contributed by atoms with Gasteiger partial charge in [-0.3, -0.25) is 4.99 Å². The summed E-state index contributed by atoms with van der Waals surface area (Å²) in [6, 6.07) is 25.9. The Morgan fingerprint density at radius 2 is 1.77 bits per heavy atom. The summed E-state index contributed by atoms with van der Waals surface area (Å²) >= 11 is 7.25. The van der Waals surface area contributed by atoms with Crippen molar-refractivity contribution in [1.29, 1.82) is 0 Å². The summed E-state index contributed by atoms with van der Waals surface area (Å²) in [7, 11) is 0. The van der Waals surface area contributed by atoms with E-state index >= 15 is 0 Å². The fourth-order valence-electron chi connectivity index (χ4n) is 5.75. The molecule has 1 unspecified atom stereocenters. The second-order valence-electron chi connectivity index (χ2n) is 10.8. The van der Waals surface area contributed by atoms with Gasteiger partial charge < -0.3 is 4.74 Å². The van der Waals surface area contributed by atoms with Crippen LogP contribution < -0.4 is 0 Å². The largest absolute Gasteiger partial charge is 0.462 e. The minimum atomic E-state index is -0.477. The van der Waals surface area contributed by atoms with Gasteiger partial charge in [0.2, 0.25) is 5.70 Å². The van der Waals surface area contributed by atoms with Crippen LogP contribution in [0.4, 0.5) is 5.69 Å². The number of benzene rings is 3. The van der Waals surface area contributed by atoms with Crippen molar-refractivity contribution in [3.8, 4) is 11.3 Å². The van der Waals surface area contributed by atoms with Gasteiger partial charge in [-0.05, 0) is 49.1 Å². The van der Waals surface area contributed by atoms with Crippen molar-refractivity contribution in [2.75, 3.05) is 6.61 Å². The maximum Gasteiger partial charge on any atom is 0.338 e. The number of allylic oxidation sites excluding steroid dienone is 2. The Bertz CT molecular complexity index is 1900. The number of amidine groups is 1. The fraction of sp³-hybridized carbons (Fsp3) is 0.152. The van der Waals surface area contributed by atoms with Gasteiger partial charge in [0.1, 0.15) is 11.9 Å². The van der Waals surface area contributed by atoms with E-state index in [9.17, 15) is 9.70 Å². The number of quaternary nitrogens is 1. The van der Waals surface area contributed by atoms with Crippen molar-refractivity contribution in [2.45, 2.75) is 12.8 Å². The molecule has 0 saturated heterocycles. The van der Waals surface area contributed by atoms with Gasteiger partial charge in [0.25, 0.3) is 10.8 Å². The lowest BCUT2D eigenvalue weighted by atomic mass is 9.73. The highest BCUT2D eigenvalue weighted by Crippen LogP contribution is 2.47. The quantitative estimate of drug-likeness (QED) is 0.140. The predicted molar refractivity (Wildman–Crippen MR) is 162 cm³/mol. The van der Waals surface area contributed by atoms with Crippen molar-refractivity contribution in [1.82, 2.24) is 4.98 Å². The molecule has 7 rings (SSSR count). The average molecular weight is 592 g/mol. The van der Waals surface area contributed by atoms with E-state index in [0.717, 1.165) is 52.0 Å². The van der Waals surface area contributed by atoms with Crippen LogP contribution in [-0.2, 0) is 4.74 Å². The molecule has 0 radical (unpaired) electrons. The lowest BCUT2D eigenvalue weighted by Gasteiger charge is -2.34. The molecule has 3 heterocycles. The number of halogens is 1. The Hall–Kier alpha value is -4.99. The van der Waals surface area contributed by atoms with Crippen LogP contribution in [0.1, 0.15) is 28.8 Å².